The first-order chi connectivity index (χ1) is 9.47. The lowest BCUT2D eigenvalue weighted by atomic mass is 10.2. The highest BCUT2D eigenvalue weighted by atomic mass is 16.6. The lowest BCUT2D eigenvalue weighted by Crippen LogP contribution is -2.23. The van der Waals surface area contributed by atoms with Gasteiger partial charge in [-0.3, -0.25) is 0 Å². The Labute approximate surface area is 118 Å². The predicted octanol–water partition coefficient (Wildman–Crippen LogP) is 1.68. The third-order valence-electron chi connectivity index (χ3n) is 2.31. The number of aliphatic imine (C=N–C) groups is 1. The van der Waals surface area contributed by atoms with Gasteiger partial charge in [0.1, 0.15) is 18.2 Å². The fourth-order valence-electron chi connectivity index (χ4n) is 1.43. The van der Waals surface area contributed by atoms with E-state index in [-0.39, 0.29) is 12.0 Å². The number of carbonyl (C=O) groups excluding carboxylic acids is 1. The molecule has 0 saturated carbocycles. The molecule has 0 saturated heterocycles. The highest BCUT2D eigenvalue weighted by Gasteiger charge is 2.16. The van der Waals surface area contributed by atoms with Crippen molar-refractivity contribution in [1.29, 1.82) is 0 Å². The molecule has 1 N–H and O–H groups in total. The minimum Gasteiger partial charge on any atom is -0.491 e. The number of methoxy groups -OCH3 is 1. The maximum absolute atomic E-state index is 11.5. The van der Waals surface area contributed by atoms with E-state index in [1.54, 1.807) is 12.1 Å². The normalized spacial score (nSPS) is 11.4. The number of aliphatic hydroxyl groups is 1. The topological polar surface area (TPSA) is 77.4 Å². The SMILES string of the molecule is COC(=O)/C(=N/CO)Oc1cc(OC(C)C)ccc1C. The molecular weight excluding hydrogens is 262 g/mol. The maximum Gasteiger partial charge on any atom is 0.394 e. The summed E-state index contributed by atoms with van der Waals surface area (Å²) < 4.78 is 15.5. The van der Waals surface area contributed by atoms with Gasteiger partial charge in [0.2, 0.25) is 0 Å². The summed E-state index contributed by atoms with van der Waals surface area (Å²) in [5.41, 5.74) is 0.802. The Morgan fingerprint density at radius 1 is 1.40 bits per heavy atom. The molecule has 0 spiro atoms. The van der Waals surface area contributed by atoms with Gasteiger partial charge in [-0.15, -0.1) is 0 Å². The molecule has 0 aromatic heterocycles. The van der Waals surface area contributed by atoms with Crippen molar-refractivity contribution in [3.63, 3.8) is 0 Å². The molecule has 6 nitrogen and oxygen atoms in total. The van der Waals surface area contributed by atoms with Crippen LogP contribution in [0.25, 0.3) is 0 Å². The Morgan fingerprint density at radius 3 is 2.65 bits per heavy atom. The molecule has 0 aliphatic heterocycles. The summed E-state index contributed by atoms with van der Waals surface area (Å²) in [7, 11) is 1.21. The molecule has 0 radical (unpaired) electrons. The van der Waals surface area contributed by atoms with Gasteiger partial charge in [-0.1, -0.05) is 6.07 Å². The largest absolute Gasteiger partial charge is 0.491 e. The van der Waals surface area contributed by atoms with E-state index in [4.69, 9.17) is 14.6 Å². The molecule has 0 aliphatic rings. The zero-order valence-electron chi connectivity index (χ0n) is 12.0. The first-order valence-electron chi connectivity index (χ1n) is 6.16. The summed E-state index contributed by atoms with van der Waals surface area (Å²) in [5.74, 6) is -0.0250. The number of rotatable bonds is 4. The Morgan fingerprint density at radius 2 is 2.10 bits per heavy atom. The maximum atomic E-state index is 11.5. The number of nitrogens with zero attached hydrogens (tertiary/aromatic N) is 1. The van der Waals surface area contributed by atoms with Crippen LogP contribution in [-0.2, 0) is 9.53 Å². The van der Waals surface area contributed by atoms with Gasteiger partial charge in [-0.05, 0) is 32.4 Å². The van der Waals surface area contributed by atoms with Gasteiger partial charge < -0.3 is 19.3 Å². The first-order valence-corrected chi connectivity index (χ1v) is 6.16. The monoisotopic (exact) mass is 281 g/mol. The van der Waals surface area contributed by atoms with Crippen molar-refractivity contribution < 1.29 is 24.1 Å². The third-order valence-corrected chi connectivity index (χ3v) is 2.31. The lowest BCUT2D eigenvalue weighted by Gasteiger charge is -2.13. The Hall–Kier alpha value is -2.08. The van der Waals surface area contributed by atoms with Crippen molar-refractivity contribution in [2.45, 2.75) is 26.9 Å². The van der Waals surface area contributed by atoms with E-state index >= 15 is 0 Å². The molecule has 0 amide bonds. The quantitative estimate of drug-likeness (QED) is 0.516. The van der Waals surface area contributed by atoms with Gasteiger partial charge in [-0.2, -0.15) is 0 Å². The molecule has 1 aromatic carbocycles. The van der Waals surface area contributed by atoms with Gasteiger partial charge in [-0.25, -0.2) is 9.79 Å². The molecule has 0 fully saturated rings. The third kappa shape index (κ3) is 4.55. The highest BCUT2D eigenvalue weighted by molar-refractivity contribution is 6.33. The average molecular weight is 281 g/mol. The Balaban J connectivity index is 2.99. The zero-order chi connectivity index (χ0) is 15.1. The van der Waals surface area contributed by atoms with E-state index < -0.39 is 12.7 Å². The summed E-state index contributed by atoms with van der Waals surface area (Å²) in [6.45, 7) is 5.08. The molecule has 6 heteroatoms. The molecule has 0 unspecified atom stereocenters. The summed E-state index contributed by atoms with van der Waals surface area (Å²) in [6, 6.07) is 5.27. The number of carbonyl (C=O) groups is 1. The van der Waals surface area contributed by atoms with E-state index in [9.17, 15) is 4.79 Å². The van der Waals surface area contributed by atoms with Crippen LogP contribution in [0.15, 0.2) is 23.2 Å². The number of ether oxygens (including phenoxy) is 3. The molecule has 0 aliphatic carbocycles. The van der Waals surface area contributed by atoms with Crippen LogP contribution in [0, 0.1) is 6.92 Å². The molecule has 1 aromatic rings. The number of esters is 1. The van der Waals surface area contributed by atoms with Gasteiger partial charge in [0.05, 0.1) is 13.2 Å². The predicted molar refractivity (Wildman–Crippen MR) is 74.1 cm³/mol. The van der Waals surface area contributed by atoms with Crippen LogP contribution in [0.5, 0.6) is 11.5 Å². The van der Waals surface area contributed by atoms with E-state index in [2.05, 4.69) is 9.73 Å². The summed E-state index contributed by atoms with van der Waals surface area (Å²) in [6.07, 6.45) is 0.0248. The van der Waals surface area contributed by atoms with Crippen LogP contribution in [0.2, 0.25) is 0 Å². The van der Waals surface area contributed by atoms with Crippen molar-refractivity contribution in [2.24, 2.45) is 4.99 Å². The minimum atomic E-state index is -0.756. The average Bonchev–Trinajstić information content (AvgIpc) is 2.40. The number of aryl methyl sites for hydroxylation is 1. The van der Waals surface area contributed by atoms with E-state index in [0.29, 0.717) is 11.5 Å². The second-order valence-electron chi connectivity index (χ2n) is 4.29. The number of hydrogen-bond donors (Lipinski definition) is 1. The number of hydrogen-bond acceptors (Lipinski definition) is 6. The molecule has 20 heavy (non-hydrogen) atoms. The molecule has 110 valence electrons. The Kier molecular flexibility index (Phi) is 5.99. The van der Waals surface area contributed by atoms with Gasteiger partial charge in [0.15, 0.2) is 0 Å². The van der Waals surface area contributed by atoms with Crippen molar-refractivity contribution >= 4 is 11.9 Å². The van der Waals surface area contributed by atoms with E-state index in [1.807, 2.05) is 26.8 Å². The summed E-state index contributed by atoms with van der Waals surface area (Å²) >= 11 is 0. The molecule has 0 bridgehead atoms. The van der Waals surface area contributed by atoms with Crippen molar-refractivity contribution in [3.8, 4) is 11.5 Å². The minimum absolute atomic E-state index is 0.0248. The standard InChI is InChI=1S/C14H19NO5/c1-9(2)19-11-6-5-10(3)12(7-11)20-13(15-8-16)14(17)18-4/h5-7,9,16H,8H2,1-4H3/b15-13-. The van der Waals surface area contributed by atoms with Crippen LogP contribution >= 0.6 is 0 Å². The lowest BCUT2D eigenvalue weighted by molar-refractivity contribution is -0.133. The molecule has 1 rings (SSSR count). The number of benzene rings is 1. The second kappa shape index (κ2) is 7.49. The first kappa shape index (κ1) is 16.0. The molecule has 0 heterocycles. The van der Waals surface area contributed by atoms with E-state index in [0.717, 1.165) is 5.56 Å². The van der Waals surface area contributed by atoms with Crippen LogP contribution < -0.4 is 9.47 Å². The van der Waals surface area contributed by atoms with Crippen LogP contribution in [0.4, 0.5) is 0 Å². The highest BCUT2D eigenvalue weighted by Crippen LogP contribution is 2.25. The van der Waals surface area contributed by atoms with Gasteiger partial charge in [0.25, 0.3) is 0 Å². The molecular formula is C14H19NO5. The summed E-state index contributed by atoms with van der Waals surface area (Å²) in [4.78, 5) is 15.0. The van der Waals surface area contributed by atoms with Crippen molar-refractivity contribution in [3.05, 3.63) is 23.8 Å². The van der Waals surface area contributed by atoms with Crippen LogP contribution in [0.1, 0.15) is 19.4 Å². The van der Waals surface area contributed by atoms with E-state index in [1.165, 1.54) is 7.11 Å². The van der Waals surface area contributed by atoms with Crippen LogP contribution in [0.3, 0.4) is 0 Å². The van der Waals surface area contributed by atoms with Crippen molar-refractivity contribution in [2.75, 3.05) is 13.8 Å². The fourth-order valence-corrected chi connectivity index (χ4v) is 1.43. The smallest absolute Gasteiger partial charge is 0.394 e. The zero-order valence-corrected chi connectivity index (χ0v) is 12.0. The van der Waals surface area contributed by atoms with Crippen LogP contribution in [-0.4, -0.2) is 36.9 Å². The summed E-state index contributed by atoms with van der Waals surface area (Å²) in [5, 5.41) is 8.80. The second-order valence-corrected chi connectivity index (χ2v) is 4.29. The Bertz CT molecular complexity index is 496. The fraction of sp³-hybridized carbons (Fsp3) is 0.429. The van der Waals surface area contributed by atoms with Crippen molar-refractivity contribution in [1.82, 2.24) is 0 Å². The number of aliphatic hydroxyl groups excluding tert-OH is 1. The van der Waals surface area contributed by atoms with Gasteiger partial charge in [0, 0.05) is 6.07 Å². The van der Waals surface area contributed by atoms with Gasteiger partial charge >= 0.3 is 11.9 Å². The molecule has 0 atom stereocenters.